The number of pyridine rings is 1. The zero-order valence-corrected chi connectivity index (χ0v) is 20.1. The highest BCUT2D eigenvalue weighted by Crippen LogP contribution is 2.38. The number of likely N-dealkylation sites (N-methyl/N-ethyl adjacent to an activating group) is 1. The summed E-state index contributed by atoms with van der Waals surface area (Å²) in [4.78, 5) is 9.36. The van der Waals surface area contributed by atoms with Crippen LogP contribution in [0.25, 0.3) is 21.9 Å². The van der Waals surface area contributed by atoms with Crippen molar-refractivity contribution in [3.63, 3.8) is 0 Å². The Kier molecular flexibility index (Phi) is 6.70. The molecule has 35 heavy (non-hydrogen) atoms. The number of benzene rings is 2. The molecule has 0 unspecified atom stereocenters. The molecular formula is C27H29N5O3. The summed E-state index contributed by atoms with van der Waals surface area (Å²) >= 11 is 0. The van der Waals surface area contributed by atoms with Crippen molar-refractivity contribution in [1.29, 1.82) is 5.26 Å². The first-order chi connectivity index (χ1) is 17.2. The Balaban J connectivity index is 1.38. The van der Waals surface area contributed by atoms with E-state index in [-0.39, 0.29) is 0 Å². The zero-order chi connectivity index (χ0) is 24.2. The summed E-state index contributed by atoms with van der Waals surface area (Å²) in [5.41, 5.74) is 3.47. The molecule has 4 aromatic rings. The van der Waals surface area contributed by atoms with Gasteiger partial charge in [0.2, 0.25) is 0 Å². The van der Waals surface area contributed by atoms with Gasteiger partial charge in [-0.3, -0.25) is 4.98 Å². The Bertz CT molecular complexity index is 1370. The number of piperazine rings is 1. The summed E-state index contributed by atoms with van der Waals surface area (Å²) in [7, 11) is 3.79. The molecule has 0 spiro atoms. The van der Waals surface area contributed by atoms with Crippen molar-refractivity contribution in [2.75, 3.05) is 58.8 Å². The first-order valence-corrected chi connectivity index (χ1v) is 11.8. The van der Waals surface area contributed by atoms with E-state index in [0.29, 0.717) is 29.4 Å². The van der Waals surface area contributed by atoms with Crippen LogP contribution in [0.3, 0.4) is 0 Å². The molecule has 0 bridgehead atoms. The van der Waals surface area contributed by atoms with Crippen molar-refractivity contribution in [3.05, 3.63) is 54.4 Å². The lowest BCUT2D eigenvalue weighted by Gasteiger charge is -2.32. The van der Waals surface area contributed by atoms with Crippen molar-refractivity contribution in [2.24, 2.45) is 0 Å². The number of furan rings is 1. The molecular weight excluding hydrogens is 442 g/mol. The SMILES string of the molecule is COc1cc2c(Nc3cccc4occc34)c(C#N)cnc2cc1OCCCN1CCN(C)CC1. The number of fused-ring (bicyclic) bond motifs is 2. The largest absolute Gasteiger partial charge is 0.493 e. The summed E-state index contributed by atoms with van der Waals surface area (Å²) in [6, 6.07) is 13.7. The molecule has 0 amide bonds. The fraction of sp³-hybridized carbons (Fsp3) is 0.333. The average Bonchev–Trinajstić information content (AvgIpc) is 3.37. The number of nitriles is 1. The predicted molar refractivity (Wildman–Crippen MR) is 137 cm³/mol. The van der Waals surface area contributed by atoms with Crippen LogP contribution in [0.15, 0.2) is 53.3 Å². The van der Waals surface area contributed by atoms with E-state index >= 15 is 0 Å². The van der Waals surface area contributed by atoms with Gasteiger partial charge in [0.25, 0.3) is 0 Å². The topological polar surface area (TPSA) is 86.8 Å². The summed E-state index contributed by atoms with van der Waals surface area (Å²) in [6.45, 7) is 6.04. The van der Waals surface area contributed by atoms with Crippen molar-refractivity contribution in [2.45, 2.75) is 6.42 Å². The van der Waals surface area contributed by atoms with E-state index < -0.39 is 0 Å². The second-order valence-corrected chi connectivity index (χ2v) is 8.79. The summed E-state index contributed by atoms with van der Waals surface area (Å²) in [6.07, 6.45) is 4.18. The molecule has 2 aromatic heterocycles. The van der Waals surface area contributed by atoms with Crippen molar-refractivity contribution < 1.29 is 13.9 Å². The number of nitrogens with one attached hydrogen (secondary N) is 1. The highest BCUT2D eigenvalue weighted by Gasteiger charge is 2.17. The number of hydrogen-bond donors (Lipinski definition) is 1. The van der Waals surface area contributed by atoms with Gasteiger partial charge in [0.1, 0.15) is 11.7 Å². The van der Waals surface area contributed by atoms with Crippen molar-refractivity contribution >= 4 is 33.2 Å². The molecule has 0 saturated carbocycles. The number of methoxy groups -OCH3 is 1. The molecule has 0 aliphatic carbocycles. The van der Waals surface area contributed by atoms with Crippen LogP contribution in [0.1, 0.15) is 12.0 Å². The minimum Gasteiger partial charge on any atom is -0.493 e. The van der Waals surface area contributed by atoms with E-state index in [0.717, 1.165) is 66.7 Å². The molecule has 1 saturated heterocycles. The van der Waals surface area contributed by atoms with Crippen LogP contribution >= 0.6 is 0 Å². The molecule has 2 aromatic carbocycles. The fourth-order valence-electron chi connectivity index (χ4n) is 4.47. The highest BCUT2D eigenvalue weighted by molar-refractivity contribution is 6.01. The van der Waals surface area contributed by atoms with E-state index in [9.17, 15) is 5.26 Å². The third-order valence-electron chi connectivity index (χ3n) is 6.50. The van der Waals surface area contributed by atoms with Gasteiger partial charge in [-0.25, -0.2) is 0 Å². The summed E-state index contributed by atoms with van der Waals surface area (Å²) < 4.78 is 17.3. The van der Waals surface area contributed by atoms with Crippen LogP contribution in [0.2, 0.25) is 0 Å². The standard InChI is InChI=1S/C27H29N5O3/c1-31-9-11-32(12-10-31)8-4-13-34-26-16-23-21(15-25(26)33-2)27(19(17-28)18-29-23)30-22-5-3-6-24-20(22)7-14-35-24/h3,5-7,14-16,18H,4,8-13H2,1-2H3,(H,29,30). The van der Waals surface area contributed by atoms with Crippen LogP contribution in [-0.4, -0.2) is 68.3 Å². The Morgan fingerprint density at radius 1 is 1.11 bits per heavy atom. The van der Waals surface area contributed by atoms with E-state index in [1.54, 1.807) is 19.6 Å². The lowest BCUT2D eigenvalue weighted by atomic mass is 10.1. The van der Waals surface area contributed by atoms with E-state index in [2.05, 4.69) is 33.2 Å². The normalized spacial score (nSPS) is 14.8. The molecule has 0 atom stereocenters. The predicted octanol–water partition coefficient (Wildman–Crippen LogP) is 4.62. The summed E-state index contributed by atoms with van der Waals surface area (Å²) in [5, 5.41) is 14.9. The fourth-order valence-corrected chi connectivity index (χ4v) is 4.47. The van der Waals surface area contributed by atoms with E-state index in [1.165, 1.54) is 0 Å². The van der Waals surface area contributed by atoms with Crippen molar-refractivity contribution in [3.8, 4) is 17.6 Å². The van der Waals surface area contributed by atoms with Gasteiger partial charge in [0.05, 0.1) is 36.7 Å². The second-order valence-electron chi connectivity index (χ2n) is 8.79. The third-order valence-corrected chi connectivity index (χ3v) is 6.50. The van der Waals surface area contributed by atoms with Crippen LogP contribution in [-0.2, 0) is 0 Å². The number of nitrogens with zero attached hydrogens (tertiary/aromatic N) is 4. The maximum atomic E-state index is 9.76. The Hall–Kier alpha value is -3.80. The Labute approximate surface area is 204 Å². The van der Waals surface area contributed by atoms with Gasteiger partial charge in [0.15, 0.2) is 11.5 Å². The molecule has 0 radical (unpaired) electrons. The molecule has 1 N–H and O–H groups in total. The lowest BCUT2D eigenvalue weighted by molar-refractivity contribution is 0.145. The number of rotatable bonds is 8. The molecule has 3 heterocycles. The molecule has 5 rings (SSSR count). The summed E-state index contributed by atoms with van der Waals surface area (Å²) in [5.74, 6) is 1.26. The van der Waals surface area contributed by atoms with E-state index in [1.807, 2.05) is 36.4 Å². The zero-order valence-electron chi connectivity index (χ0n) is 20.1. The number of anilines is 2. The maximum Gasteiger partial charge on any atom is 0.163 e. The first kappa shape index (κ1) is 23.0. The van der Waals surface area contributed by atoms with Crippen LogP contribution < -0.4 is 14.8 Å². The second kappa shape index (κ2) is 10.2. The van der Waals surface area contributed by atoms with Crippen molar-refractivity contribution in [1.82, 2.24) is 14.8 Å². The smallest absolute Gasteiger partial charge is 0.163 e. The molecule has 1 aliphatic rings. The molecule has 8 nitrogen and oxygen atoms in total. The minimum absolute atomic E-state index is 0.445. The third kappa shape index (κ3) is 4.87. The van der Waals surface area contributed by atoms with Gasteiger partial charge < -0.3 is 29.0 Å². The maximum absolute atomic E-state index is 9.76. The van der Waals surface area contributed by atoms with Gasteiger partial charge in [-0.2, -0.15) is 5.26 Å². The van der Waals surface area contributed by atoms with Gasteiger partial charge in [-0.05, 0) is 37.7 Å². The van der Waals surface area contributed by atoms with Gasteiger partial charge >= 0.3 is 0 Å². The minimum atomic E-state index is 0.445. The van der Waals surface area contributed by atoms with Crippen LogP contribution in [0, 0.1) is 11.3 Å². The van der Waals surface area contributed by atoms with Gasteiger partial charge in [0, 0.05) is 61.4 Å². The number of aromatic nitrogens is 1. The average molecular weight is 472 g/mol. The molecule has 1 fully saturated rings. The Morgan fingerprint density at radius 2 is 1.97 bits per heavy atom. The quantitative estimate of drug-likeness (QED) is 0.373. The first-order valence-electron chi connectivity index (χ1n) is 11.8. The van der Waals surface area contributed by atoms with Gasteiger partial charge in [-0.15, -0.1) is 0 Å². The van der Waals surface area contributed by atoms with E-state index in [4.69, 9.17) is 13.9 Å². The van der Waals surface area contributed by atoms with Crippen LogP contribution in [0.5, 0.6) is 11.5 Å². The monoisotopic (exact) mass is 471 g/mol. The number of ether oxygens (including phenoxy) is 2. The van der Waals surface area contributed by atoms with Gasteiger partial charge in [-0.1, -0.05) is 6.07 Å². The molecule has 8 heteroatoms. The number of hydrogen-bond acceptors (Lipinski definition) is 8. The highest BCUT2D eigenvalue weighted by atomic mass is 16.5. The molecule has 1 aliphatic heterocycles. The lowest BCUT2D eigenvalue weighted by Crippen LogP contribution is -2.44. The van der Waals surface area contributed by atoms with Crippen LogP contribution in [0.4, 0.5) is 11.4 Å². The Morgan fingerprint density at radius 3 is 2.77 bits per heavy atom. The molecule has 180 valence electrons.